The third kappa shape index (κ3) is 10.8. The number of amides is 3. The van der Waals surface area contributed by atoms with Crippen LogP contribution in [-0.4, -0.2) is 61.0 Å². The highest BCUT2D eigenvalue weighted by Gasteiger charge is 2.41. The first-order valence-corrected chi connectivity index (χ1v) is 17.5. The van der Waals surface area contributed by atoms with Crippen LogP contribution in [-0.2, 0) is 34.4 Å². The van der Waals surface area contributed by atoms with Crippen LogP contribution >= 0.6 is 7.60 Å². The number of imide groups is 1. The summed E-state index contributed by atoms with van der Waals surface area (Å²) in [7, 11) is -1.42. The summed E-state index contributed by atoms with van der Waals surface area (Å²) in [5, 5.41) is 19.9. The average molecular weight is 622 g/mol. The molecule has 3 amide bonds. The molecule has 1 aromatic carbocycles. The van der Waals surface area contributed by atoms with E-state index in [9.17, 15) is 24.1 Å². The minimum absolute atomic E-state index is 0.0738. The Bertz CT molecular complexity index is 1070. The lowest BCUT2D eigenvalue weighted by Crippen LogP contribution is -2.57. The molecule has 0 heterocycles. The molecular formula is C32H52N3O7P. The van der Waals surface area contributed by atoms with Gasteiger partial charge in [-0.3, -0.25) is 29.6 Å². The van der Waals surface area contributed by atoms with Gasteiger partial charge in [-0.2, -0.15) is 0 Å². The standard InChI is InChI=1S/C32H52N3O7P/c1-22(2)19-26(33-28(21-24-15-9-6-10-16-24)32(39)43(40,41-3)42-4)30(37)35-31(38)27(20-23-13-7-5-8-14-23)34-29(36)25-17-11-12-18-25/h5,7-8,13-14,22,24-28,32-33,39H,6,9-12,15-21H2,1-4H3,(H,34,36)(H,35,37,38)/t26-,27-,28?,32?/m0/s1. The van der Waals surface area contributed by atoms with E-state index in [1.807, 2.05) is 44.2 Å². The van der Waals surface area contributed by atoms with Gasteiger partial charge >= 0.3 is 7.60 Å². The first-order valence-electron chi connectivity index (χ1n) is 15.9. The summed E-state index contributed by atoms with van der Waals surface area (Å²) in [4.78, 5) is 40.3. The quantitative estimate of drug-likeness (QED) is 0.195. The van der Waals surface area contributed by atoms with Crippen LogP contribution in [0.1, 0.15) is 90.0 Å². The van der Waals surface area contributed by atoms with Gasteiger partial charge in [0.15, 0.2) is 5.85 Å². The van der Waals surface area contributed by atoms with Crippen LogP contribution in [0.25, 0.3) is 0 Å². The topological polar surface area (TPSA) is 143 Å². The molecule has 2 unspecified atom stereocenters. The second-order valence-corrected chi connectivity index (χ2v) is 14.9. The lowest BCUT2D eigenvalue weighted by Gasteiger charge is -2.35. The Morgan fingerprint density at radius 1 is 0.907 bits per heavy atom. The van der Waals surface area contributed by atoms with E-state index in [4.69, 9.17) is 9.05 Å². The van der Waals surface area contributed by atoms with E-state index in [0.717, 1.165) is 63.4 Å². The van der Waals surface area contributed by atoms with Gasteiger partial charge < -0.3 is 19.5 Å². The molecule has 11 heteroatoms. The zero-order valence-electron chi connectivity index (χ0n) is 26.3. The summed E-state index contributed by atoms with van der Waals surface area (Å²) in [5.74, 6) is -2.57. The largest absolute Gasteiger partial charge is 0.379 e. The molecule has 1 aromatic rings. The van der Waals surface area contributed by atoms with Crippen LogP contribution in [0, 0.1) is 17.8 Å². The number of hydrogen-bond acceptors (Lipinski definition) is 8. The van der Waals surface area contributed by atoms with E-state index in [1.165, 1.54) is 14.2 Å². The van der Waals surface area contributed by atoms with Crippen LogP contribution in [0.4, 0.5) is 0 Å². The monoisotopic (exact) mass is 621 g/mol. The van der Waals surface area contributed by atoms with Crippen molar-refractivity contribution in [2.24, 2.45) is 17.8 Å². The number of nitrogens with one attached hydrogen (secondary N) is 3. The van der Waals surface area contributed by atoms with Crippen molar-refractivity contribution in [3.05, 3.63) is 35.9 Å². The Balaban J connectivity index is 1.79. The first-order chi connectivity index (χ1) is 20.6. The van der Waals surface area contributed by atoms with Crippen LogP contribution in [0.2, 0.25) is 0 Å². The van der Waals surface area contributed by atoms with Gasteiger partial charge in [-0.05, 0) is 43.1 Å². The van der Waals surface area contributed by atoms with Crippen molar-refractivity contribution >= 4 is 25.3 Å². The Labute approximate surface area is 257 Å². The third-order valence-electron chi connectivity index (χ3n) is 8.83. The summed E-state index contributed by atoms with van der Waals surface area (Å²) in [6.07, 6.45) is 9.96. The Kier molecular flexibility index (Phi) is 14.3. The SMILES string of the molecule is COP(=O)(OC)C(O)C(CC1CCCCC1)N[C@@H](CC(C)C)C(=O)NC(=O)[C@H](Cc1ccccc1)NC(=O)C1CCCC1. The van der Waals surface area contributed by atoms with Gasteiger partial charge in [0.05, 0.1) is 6.04 Å². The van der Waals surface area contributed by atoms with Gasteiger partial charge in [0.25, 0.3) is 0 Å². The maximum absolute atomic E-state index is 13.7. The average Bonchev–Trinajstić information content (AvgIpc) is 3.55. The van der Waals surface area contributed by atoms with E-state index in [0.29, 0.717) is 12.8 Å². The fourth-order valence-corrected chi connectivity index (χ4v) is 7.61. The van der Waals surface area contributed by atoms with E-state index in [2.05, 4.69) is 16.0 Å². The predicted molar refractivity (Wildman–Crippen MR) is 166 cm³/mol. The van der Waals surface area contributed by atoms with Gasteiger partial charge in [-0.15, -0.1) is 0 Å². The maximum Gasteiger partial charge on any atom is 0.359 e. The van der Waals surface area contributed by atoms with Crippen molar-refractivity contribution in [1.29, 1.82) is 0 Å². The number of benzene rings is 1. The molecule has 242 valence electrons. The molecule has 0 bridgehead atoms. The zero-order chi connectivity index (χ0) is 31.4. The van der Waals surface area contributed by atoms with Crippen molar-refractivity contribution in [1.82, 2.24) is 16.0 Å². The first kappa shape index (κ1) is 35.4. The van der Waals surface area contributed by atoms with Gasteiger partial charge in [-0.1, -0.05) is 89.1 Å². The molecular weight excluding hydrogens is 569 g/mol. The summed E-state index contributed by atoms with van der Waals surface area (Å²) in [6.45, 7) is 3.93. The Hall–Kier alpha value is -2.10. The molecule has 0 saturated heterocycles. The number of carbonyl (C=O) groups excluding carboxylic acids is 3. The van der Waals surface area contributed by atoms with E-state index < -0.39 is 43.4 Å². The van der Waals surface area contributed by atoms with Crippen LogP contribution in [0.15, 0.2) is 30.3 Å². The highest BCUT2D eigenvalue weighted by atomic mass is 31.2. The molecule has 10 nitrogen and oxygen atoms in total. The van der Waals surface area contributed by atoms with Crippen LogP contribution < -0.4 is 16.0 Å². The van der Waals surface area contributed by atoms with E-state index in [1.54, 1.807) is 0 Å². The molecule has 2 saturated carbocycles. The van der Waals surface area contributed by atoms with Crippen molar-refractivity contribution < 1.29 is 33.1 Å². The highest BCUT2D eigenvalue weighted by Crippen LogP contribution is 2.52. The van der Waals surface area contributed by atoms with E-state index in [-0.39, 0.29) is 30.1 Å². The fraction of sp³-hybridized carbons (Fsp3) is 0.719. The minimum atomic E-state index is -3.88. The molecule has 0 aliphatic heterocycles. The number of rotatable bonds is 16. The molecule has 2 aliphatic carbocycles. The molecule has 0 aromatic heterocycles. The second kappa shape index (κ2) is 17.4. The predicted octanol–water partition coefficient (Wildman–Crippen LogP) is 4.69. The molecule has 4 atom stereocenters. The molecule has 4 N–H and O–H groups in total. The molecule has 2 aliphatic rings. The van der Waals surface area contributed by atoms with E-state index >= 15 is 0 Å². The normalized spacial score (nSPS) is 19.5. The number of carbonyl (C=O) groups is 3. The van der Waals surface area contributed by atoms with Gasteiger partial charge in [-0.25, -0.2) is 0 Å². The van der Waals surface area contributed by atoms with Crippen molar-refractivity contribution in [2.75, 3.05) is 14.2 Å². The molecule has 43 heavy (non-hydrogen) atoms. The smallest absolute Gasteiger partial charge is 0.359 e. The number of aliphatic hydroxyl groups is 1. The Morgan fingerprint density at radius 3 is 2.07 bits per heavy atom. The number of hydrogen-bond donors (Lipinski definition) is 4. The van der Waals surface area contributed by atoms with Crippen molar-refractivity contribution in [3.63, 3.8) is 0 Å². The van der Waals surface area contributed by atoms with Gasteiger partial charge in [0.1, 0.15) is 6.04 Å². The summed E-state index contributed by atoms with van der Waals surface area (Å²) in [6, 6.07) is 6.83. The van der Waals surface area contributed by atoms with Crippen molar-refractivity contribution in [2.45, 2.75) is 115 Å². The van der Waals surface area contributed by atoms with Gasteiger partial charge in [0, 0.05) is 32.6 Å². The zero-order valence-corrected chi connectivity index (χ0v) is 27.2. The summed E-state index contributed by atoms with van der Waals surface area (Å²) in [5.41, 5.74) is 0.865. The fourth-order valence-electron chi connectivity index (χ4n) is 6.38. The molecule has 0 radical (unpaired) electrons. The molecule has 0 spiro atoms. The Morgan fingerprint density at radius 2 is 1.49 bits per heavy atom. The second-order valence-electron chi connectivity index (χ2n) is 12.6. The summed E-state index contributed by atoms with van der Waals surface area (Å²) >= 11 is 0. The lowest BCUT2D eigenvalue weighted by atomic mass is 9.84. The molecule has 2 fully saturated rings. The third-order valence-corrected chi connectivity index (χ3v) is 10.9. The number of aliphatic hydroxyl groups excluding tert-OH is 1. The highest BCUT2D eigenvalue weighted by molar-refractivity contribution is 7.54. The summed E-state index contributed by atoms with van der Waals surface area (Å²) < 4.78 is 23.5. The van der Waals surface area contributed by atoms with Crippen LogP contribution in [0.3, 0.4) is 0 Å². The maximum atomic E-state index is 13.7. The van der Waals surface area contributed by atoms with Gasteiger partial charge in [0.2, 0.25) is 17.7 Å². The minimum Gasteiger partial charge on any atom is -0.379 e. The molecule has 3 rings (SSSR count). The van der Waals surface area contributed by atoms with Crippen molar-refractivity contribution in [3.8, 4) is 0 Å². The lowest BCUT2D eigenvalue weighted by molar-refractivity contribution is -0.136. The van der Waals surface area contributed by atoms with Crippen LogP contribution in [0.5, 0.6) is 0 Å².